The molecule has 0 aliphatic carbocycles. The Balaban J connectivity index is 3.46. The van der Waals surface area contributed by atoms with Gasteiger partial charge in [-0.2, -0.15) is 0 Å². The average Bonchev–Trinajstić information content (AvgIpc) is 3.25. The smallest absolute Gasteiger partial charge is 0.305 e. The molecule has 1 amide bonds. The third-order valence-electron chi connectivity index (χ3n) is 12.3. The number of aliphatic hydroxyl groups excluding tert-OH is 2. The van der Waals surface area contributed by atoms with Gasteiger partial charge in [0.1, 0.15) is 0 Å². The largest absolute Gasteiger partial charge is 0.466 e. The van der Waals surface area contributed by atoms with E-state index in [1.807, 2.05) is 0 Å². The van der Waals surface area contributed by atoms with Crippen molar-refractivity contribution in [1.29, 1.82) is 0 Å². The summed E-state index contributed by atoms with van der Waals surface area (Å²) in [4.78, 5) is 24.5. The third kappa shape index (κ3) is 45.9. The Morgan fingerprint density at radius 3 is 1.32 bits per heavy atom. The van der Waals surface area contributed by atoms with E-state index >= 15 is 0 Å². The van der Waals surface area contributed by atoms with Gasteiger partial charge in [0.05, 0.1) is 25.4 Å². The lowest BCUT2D eigenvalue weighted by Gasteiger charge is -2.22. The summed E-state index contributed by atoms with van der Waals surface area (Å²) in [6.07, 6.45) is 58.6. The maximum Gasteiger partial charge on any atom is 0.305 e. The molecule has 3 N–H and O–H groups in total. The number of carbonyl (C=O) groups is 2. The molecule has 0 spiro atoms. The van der Waals surface area contributed by atoms with Crippen LogP contribution in [0, 0.1) is 0 Å². The number of hydrogen-bond acceptors (Lipinski definition) is 5. The van der Waals surface area contributed by atoms with Crippen molar-refractivity contribution >= 4 is 11.9 Å². The number of hydrogen-bond donors (Lipinski definition) is 3. The van der Waals surface area contributed by atoms with E-state index in [1.54, 1.807) is 0 Å². The molecule has 0 fully saturated rings. The van der Waals surface area contributed by atoms with Gasteiger partial charge in [0.25, 0.3) is 0 Å². The number of nitrogens with one attached hydrogen (secondary N) is 1. The number of allylic oxidation sites excluding steroid dienone is 4. The molecule has 0 saturated carbocycles. The average molecular weight is 846 g/mol. The van der Waals surface area contributed by atoms with Crippen LogP contribution in [0.3, 0.4) is 0 Å². The fourth-order valence-corrected chi connectivity index (χ4v) is 8.13. The number of ether oxygens (including phenoxy) is 1. The zero-order valence-electron chi connectivity index (χ0n) is 40.2. The monoisotopic (exact) mass is 846 g/mol. The number of esters is 1. The van der Waals surface area contributed by atoms with Crippen LogP contribution in [-0.4, -0.2) is 47.4 Å². The second kappa shape index (κ2) is 50.0. The molecular weight excluding hydrogens is 743 g/mol. The first-order valence-electron chi connectivity index (χ1n) is 26.6. The molecule has 0 aromatic heterocycles. The molecule has 0 aromatic rings. The van der Waals surface area contributed by atoms with E-state index in [1.165, 1.54) is 186 Å². The van der Waals surface area contributed by atoms with Crippen molar-refractivity contribution in [3.63, 3.8) is 0 Å². The fraction of sp³-hybridized carbons (Fsp3) is 0.889. The van der Waals surface area contributed by atoms with Crippen molar-refractivity contribution in [3.8, 4) is 0 Å². The topological polar surface area (TPSA) is 95.9 Å². The lowest BCUT2D eigenvalue weighted by molar-refractivity contribution is -0.143. The van der Waals surface area contributed by atoms with Crippen molar-refractivity contribution in [2.45, 2.75) is 296 Å². The Hall–Kier alpha value is -1.66. The van der Waals surface area contributed by atoms with Gasteiger partial charge in [-0.15, -0.1) is 0 Å². The summed E-state index contributed by atoms with van der Waals surface area (Å²) in [6.45, 7) is 4.88. The lowest BCUT2D eigenvalue weighted by Crippen LogP contribution is -2.45. The molecule has 0 aliphatic heterocycles. The van der Waals surface area contributed by atoms with E-state index in [0.29, 0.717) is 25.9 Å². The molecule has 0 heterocycles. The van der Waals surface area contributed by atoms with Crippen LogP contribution in [0.2, 0.25) is 0 Å². The Bertz CT molecular complexity index is 935. The number of rotatable bonds is 49. The summed E-state index contributed by atoms with van der Waals surface area (Å²) in [5, 5.41) is 23.2. The minimum Gasteiger partial charge on any atom is -0.466 e. The van der Waals surface area contributed by atoms with Crippen LogP contribution in [0.5, 0.6) is 0 Å². The predicted octanol–water partition coefficient (Wildman–Crippen LogP) is 15.9. The van der Waals surface area contributed by atoms with Crippen molar-refractivity contribution < 1.29 is 24.5 Å². The molecule has 0 bridgehead atoms. The van der Waals surface area contributed by atoms with Crippen LogP contribution in [0.25, 0.3) is 0 Å². The van der Waals surface area contributed by atoms with E-state index in [4.69, 9.17) is 4.74 Å². The molecule has 0 aliphatic rings. The molecule has 2 unspecified atom stereocenters. The van der Waals surface area contributed by atoms with Gasteiger partial charge in [0, 0.05) is 12.8 Å². The predicted molar refractivity (Wildman–Crippen MR) is 260 cm³/mol. The van der Waals surface area contributed by atoms with Gasteiger partial charge < -0.3 is 20.3 Å². The molecule has 2 atom stereocenters. The summed E-state index contributed by atoms with van der Waals surface area (Å²) in [6, 6.07) is -0.551. The van der Waals surface area contributed by atoms with Gasteiger partial charge in [-0.3, -0.25) is 9.59 Å². The van der Waals surface area contributed by atoms with Gasteiger partial charge in [-0.1, -0.05) is 244 Å². The van der Waals surface area contributed by atoms with Crippen molar-refractivity contribution in [3.05, 3.63) is 24.3 Å². The maximum absolute atomic E-state index is 12.5. The number of amides is 1. The van der Waals surface area contributed by atoms with Gasteiger partial charge in [-0.25, -0.2) is 0 Å². The highest BCUT2D eigenvalue weighted by Gasteiger charge is 2.20. The number of carbonyl (C=O) groups excluding carboxylic acids is 2. The van der Waals surface area contributed by atoms with E-state index in [-0.39, 0.29) is 18.5 Å². The second-order valence-corrected chi connectivity index (χ2v) is 18.2. The molecule has 0 radical (unpaired) electrons. The van der Waals surface area contributed by atoms with Gasteiger partial charge >= 0.3 is 5.97 Å². The first-order chi connectivity index (χ1) is 29.5. The van der Waals surface area contributed by atoms with Crippen LogP contribution >= 0.6 is 0 Å². The summed E-state index contributed by atoms with van der Waals surface area (Å²) in [5.74, 6) is -0.0674. The first kappa shape index (κ1) is 58.3. The zero-order chi connectivity index (χ0) is 43.7. The summed E-state index contributed by atoms with van der Waals surface area (Å²) in [5.41, 5.74) is 0. The maximum atomic E-state index is 12.5. The van der Waals surface area contributed by atoms with Crippen LogP contribution in [0.4, 0.5) is 0 Å². The molecular formula is C54H103NO5. The van der Waals surface area contributed by atoms with Crippen molar-refractivity contribution in [2.24, 2.45) is 0 Å². The Kier molecular flexibility index (Phi) is 48.6. The zero-order valence-corrected chi connectivity index (χ0v) is 40.2. The minimum absolute atomic E-state index is 0.0199. The Morgan fingerprint density at radius 1 is 0.467 bits per heavy atom. The fourth-order valence-electron chi connectivity index (χ4n) is 8.13. The lowest BCUT2D eigenvalue weighted by atomic mass is 10.0. The molecule has 0 saturated heterocycles. The molecule has 0 aromatic carbocycles. The van der Waals surface area contributed by atoms with Crippen LogP contribution in [0.15, 0.2) is 24.3 Å². The highest BCUT2D eigenvalue weighted by atomic mass is 16.5. The van der Waals surface area contributed by atoms with Gasteiger partial charge in [0.15, 0.2) is 0 Å². The Labute approximate surface area is 373 Å². The van der Waals surface area contributed by atoms with E-state index in [9.17, 15) is 19.8 Å². The van der Waals surface area contributed by atoms with E-state index in [2.05, 4.69) is 43.5 Å². The quantitative estimate of drug-likeness (QED) is 0.0322. The summed E-state index contributed by atoms with van der Waals surface area (Å²) < 4.78 is 5.45. The van der Waals surface area contributed by atoms with E-state index < -0.39 is 12.1 Å². The Morgan fingerprint density at radius 2 is 0.850 bits per heavy atom. The third-order valence-corrected chi connectivity index (χ3v) is 12.3. The highest BCUT2D eigenvalue weighted by molar-refractivity contribution is 5.76. The summed E-state index contributed by atoms with van der Waals surface area (Å²) in [7, 11) is 0. The molecule has 60 heavy (non-hydrogen) atoms. The SMILES string of the molecule is CCCC/C=C\C/C=C\CCCCCCCC(=O)OCCCCCCCCCCCCCCCC(=O)NC(CO)C(O)CCCCCCCCCCCCCCCCCC. The normalized spacial score (nSPS) is 12.8. The summed E-state index contributed by atoms with van der Waals surface area (Å²) >= 11 is 0. The number of unbranched alkanes of at least 4 members (excludes halogenated alkanes) is 34. The highest BCUT2D eigenvalue weighted by Crippen LogP contribution is 2.17. The van der Waals surface area contributed by atoms with Crippen LogP contribution in [-0.2, 0) is 14.3 Å². The van der Waals surface area contributed by atoms with Crippen LogP contribution in [0.1, 0.15) is 284 Å². The van der Waals surface area contributed by atoms with Gasteiger partial charge in [-0.05, 0) is 51.4 Å². The van der Waals surface area contributed by atoms with Crippen molar-refractivity contribution in [2.75, 3.05) is 13.2 Å². The number of aliphatic hydroxyl groups is 2. The van der Waals surface area contributed by atoms with Crippen molar-refractivity contribution in [1.82, 2.24) is 5.32 Å². The second-order valence-electron chi connectivity index (χ2n) is 18.2. The standard InChI is InChI=1S/C54H103NO5/c1-3-5-7-9-11-13-15-17-19-20-22-26-30-34-38-42-46-52(57)51(50-56)55-53(58)47-43-39-35-31-27-23-21-25-29-33-37-41-45-49-60-54(59)48-44-40-36-32-28-24-18-16-14-12-10-8-6-4-2/h10,12,16,18,51-52,56-57H,3-9,11,13-15,17,19-50H2,1-2H3,(H,55,58)/b12-10-,18-16-. The van der Waals surface area contributed by atoms with Gasteiger partial charge in [0.2, 0.25) is 5.91 Å². The van der Waals surface area contributed by atoms with Crippen LogP contribution < -0.4 is 5.32 Å². The minimum atomic E-state index is -0.673. The molecule has 354 valence electrons. The molecule has 6 heteroatoms. The molecule has 6 nitrogen and oxygen atoms in total. The molecule has 0 rings (SSSR count). The van der Waals surface area contributed by atoms with E-state index in [0.717, 1.165) is 64.2 Å². The first-order valence-corrected chi connectivity index (χ1v) is 26.6.